The molecule has 0 aliphatic heterocycles. The van der Waals surface area contributed by atoms with E-state index in [0.717, 1.165) is 24.0 Å². The van der Waals surface area contributed by atoms with Gasteiger partial charge in [0.25, 0.3) is 0 Å². The number of nitrogens with zero attached hydrogens (tertiary/aromatic N) is 3. The molecule has 0 saturated heterocycles. The third-order valence-corrected chi connectivity index (χ3v) is 5.43. The van der Waals surface area contributed by atoms with Crippen molar-refractivity contribution in [3.8, 4) is 0 Å². The summed E-state index contributed by atoms with van der Waals surface area (Å²) in [6.07, 6.45) is 7.78. The van der Waals surface area contributed by atoms with Crippen LogP contribution in [0.2, 0.25) is 5.02 Å². The molecule has 1 saturated carbocycles. The fraction of sp³-hybridized carbons (Fsp3) is 0.579. The lowest BCUT2D eigenvalue weighted by Crippen LogP contribution is -2.32. The van der Waals surface area contributed by atoms with Gasteiger partial charge in [0.05, 0.1) is 11.0 Å². The number of nitrogen functional groups attached to an aromatic ring is 1. The quantitative estimate of drug-likeness (QED) is 0.841. The molecule has 0 atom stereocenters. The predicted octanol–water partition coefficient (Wildman–Crippen LogP) is 4.09. The molecule has 0 radical (unpaired) electrons. The minimum Gasteiger partial charge on any atom is -0.369 e. The Balaban J connectivity index is 1.52. The van der Waals surface area contributed by atoms with E-state index in [1.54, 1.807) is 0 Å². The lowest BCUT2D eigenvalue weighted by Gasteiger charge is -2.27. The van der Waals surface area contributed by atoms with Gasteiger partial charge in [0.15, 0.2) is 0 Å². The number of hydrogen-bond donors (Lipinski definition) is 1. The summed E-state index contributed by atoms with van der Waals surface area (Å²) < 4.78 is 1.96. The second kappa shape index (κ2) is 8.09. The highest BCUT2D eigenvalue weighted by atomic mass is 35.5. The van der Waals surface area contributed by atoms with Crippen molar-refractivity contribution >= 4 is 34.5 Å². The molecular weight excluding hydrogens is 336 g/mol. The monoisotopic (exact) mass is 362 g/mol. The number of carbonyl (C=O) groups excluding carboxylic acids is 1. The maximum absolute atomic E-state index is 12.4. The van der Waals surface area contributed by atoms with Crippen molar-refractivity contribution in [2.75, 3.05) is 19.3 Å². The van der Waals surface area contributed by atoms with Crippen LogP contribution in [0.3, 0.4) is 0 Å². The van der Waals surface area contributed by atoms with Crippen molar-refractivity contribution in [2.45, 2.75) is 51.5 Å². The van der Waals surface area contributed by atoms with Crippen molar-refractivity contribution in [2.24, 2.45) is 5.92 Å². The van der Waals surface area contributed by atoms with Crippen LogP contribution in [0.4, 0.5) is 5.95 Å². The number of aromatic nitrogens is 2. The number of benzene rings is 1. The first-order valence-electron chi connectivity index (χ1n) is 9.20. The van der Waals surface area contributed by atoms with Crippen LogP contribution in [0.15, 0.2) is 18.2 Å². The van der Waals surface area contributed by atoms with E-state index in [9.17, 15) is 4.79 Å². The average Bonchev–Trinajstić information content (AvgIpc) is 2.90. The summed E-state index contributed by atoms with van der Waals surface area (Å²) in [6, 6.07) is 5.58. The molecule has 2 aromatic rings. The van der Waals surface area contributed by atoms with E-state index >= 15 is 0 Å². The largest absolute Gasteiger partial charge is 0.369 e. The van der Waals surface area contributed by atoms with Crippen molar-refractivity contribution in [1.29, 1.82) is 0 Å². The number of fused-ring (bicyclic) bond motifs is 1. The summed E-state index contributed by atoms with van der Waals surface area (Å²) in [5.74, 6) is 1.37. The van der Waals surface area contributed by atoms with Crippen LogP contribution in [0.25, 0.3) is 11.0 Å². The summed E-state index contributed by atoms with van der Waals surface area (Å²) >= 11 is 6.00. The Morgan fingerprint density at radius 3 is 2.88 bits per heavy atom. The predicted molar refractivity (Wildman–Crippen MR) is 103 cm³/mol. The van der Waals surface area contributed by atoms with Crippen LogP contribution in [0.1, 0.15) is 44.9 Å². The van der Waals surface area contributed by atoms with Crippen LogP contribution in [0, 0.1) is 5.92 Å². The van der Waals surface area contributed by atoms with Crippen LogP contribution in [-0.4, -0.2) is 34.0 Å². The molecule has 1 heterocycles. The van der Waals surface area contributed by atoms with Crippen molar-refractivity contribution in [1.82, 2.24) is 14.5 Å². The third-order valence-electron chi connectivity index (χ3n) is 5.19. The molecule has 0 bridgehead atoms. The molecule has 1 aromatic heterocycles. The number of amides is 1. The molecule has 0 spiro atoms. The van der Waals surface area contributed by atoms with Gasteiger partial charge in [-0.2, -0.15) is 0 Å². The summed E-state index contributed by atoms with van der Waals surface area (Å²) in [5, 5.41) is 0.650. The molecule has 0 unspecified atom stereocenters. The number of aryl methyl sites for hydroxylation is 1. The SMILES string of the molecule is CN(CC1CCCCC1)C(=O)CCCn1c(N)nc2cc(Cl)ccc21. The van der Waals surface area contributed by atoms with Crippen molar-refractivity contribution in [3.63, 3.8) is 0 Å². The smallest absolute Gasteiger partial charge is 0.222 e. The van der Waals surface area contributed by atoms with Crippen molar-refractivity contribution < 1.29 is 4.79 Å². The van der Waals surface area contributed by atoms with E-state index in [1.165, 1.54) is 32.1 Å². The number of nitrogens with two attached hydrogens (primary N) is 1. The van der Waals surface area contributed by atoms with E-state index in [2.05, 4.69) is 4.98 Å². The second-order valence-electron chi connectivity index (χ2n) is 7.14. The number of imidazole rings is 1. The summed E-state index contributed by atoms with van der Waals surface area (Å²) in [6.45, 7) is 1.58. The van der Waals surface area contributed by atoms with Crippen LogP contribution < -0.4 is 5.73 Å². The summed E-state index contributed by atoms with van der Waals surface area (Å²) in [7, 11) is 1.93. The maximum Gasteiger partial charge on any atom is 0.222 e. The summed E-state index contributed by atoms with van der Waals surface area (Å²) in [5.41, 5.74) is 7.78. The van der Waals surface area contributed by atoms with Gasteiger partial charge in [-0.1, -0.05) is 30.9 Å². The Morgan fingerprint density at radius 2 is 2.12 bits per heavy atom. The van der Waals surface area contributed by atoms with E-state index in [4.69, 9.17) is 17.3 Å². The van der Waals surface area contributed by atoms with Crippen LogP contribution in [0.5, 0.6) is 0 Å². The zero-order chi connectivity index (χ0) is 17.8. The van der Waals surface area contributed by atoms with Gasteiger partial charge in [0.2, 0.25) is 11.9 Å². The van der Waals surface area contributed by atoms with Gasteiger partial charge in [0, 0.05) is 31.6 Å². The minimum absolute atomic E-state index is 0.219. The number of hydrogen-bond acceptors (Lipinski definition) is 3. The average molecular weight is 363 g/mol. The first kappa shape index (κ1) is 18.1. The first-order valence-corrected chi connectivity index (χ1v) is 9.57. The number of rotatable bonds is 6. The Morgan fingerprint density at radius 1 is 1.36 bits per heavy atom. The molecule has 1 aromatic carbocycles. The van der Waals surface area contributed by atoms with Crippen molar-refractivity contribution in [3.05, 3.63) is 23.2 Å². The first-order chi connectivity index (χ1) is 12.0. The van der Waals surface area contributed by atoms with Gasteiger partial charge in [-0.05, 0) is 43.4 Å². The molecule has 3 rings (SSSR count). The standard InChI is InChI=1S/C19H27ClN4O/c1-23(13-14-6-3-2-4-7-14)18(25)8-5-11-24-17-10-9-15(20)12-16(17)22-19(24)21/h9-10,12,14H,2-8,11,13H2,1H3,(H2,21,22). The molecule has 1 aliphatic carbocycles. The Kier molecular flexibility index (Phi) is 5.84. The Bertz CT molecular complexity index is 736. The Hall–Kier alpha value is -1.75. The number of anilines is 1. The fourth-order valence-corrected chi connectivity index (χ4v) is 3.96. The topological polar surface area (TPSA) is 64.2 Å². The lowest BCUT2D eigenvalue weighted by atomic mass is 9.89. The lowest BCUT2D eigenvalue weighted by molar-refractivity contribution is -0.130. The zero-order valence-corrected chi connectivity index (χ0v) is 15.6. The number of halogens is 1. The molecule has 1 fully saturated rings. The zero-order valence-electron chi connectivity index (χ0n) is 14.9. The van der Waals surface area contributed by atoms with Gasteiger partial charge in [-0.3, -0.25) is 4.79 Å². The van der Waals surface area contributed by atoms with E-state index in [-0.39, 0.29) is 5.91 Å². The molecule has 1 amide bonds. The Labute approximate surface area is 154 Å². The van der Waals surface area contributed by atoms with Gasteiger partial charge < -0.3 is 15.2 Å². The van der Waals surface area contributed by atoms with E-state index in [0.29, 0.717) is 29.9 Å². The fourth-order valence-electron chi connectivity index (χ4n) is 3.79. The highest BCUT2D eigenvalue weighted by molar-refractivity contribution is 6.31. The molecular formula is C19H27ClN4O. The highest BCUT2D eigenvalue weighted by Crippen LogP contribution is 2.25. The van der Waals surface area contributed by atoms with Gasteiger partial charge in [0.1, 0.15) is 0 Å². The maximum atomic E-state index is 12.4. The van der Waals surface area contributed by atoms with Crippen LogP contribution >= 0.6 is 11.6 Å². The molecule has 25 heavy (non-hydrogen) atoms. The molecule has 1 aliphatic rings. The van der Waals surface area contributed by atoms with Gasteiger partial charge in [-0.25, -0.2) is 4.98 Å². The van der Waals surface area contributed by atoms with Gasteiger partial charge in [-0.15, -0.1) is 0 Å². The van der Waals surface area contributed by atoms with Crippen LogP contribution in [-0.2, 0) is 11.3 Å². The number of carbonyl (C=O) groups is 1. The minimum atomic E-state index is 0.219. The molecule has 2 N–H and O–H groups in total. The second-order valence-corrected chi connectivity index (χ2v) is 7.57. The van der Waals surface area contributed by atoms with E-state index < -0.39 is 0 Å². The molecule has 136 valence electrons. The third kappa shape index (κ3) is 4.46. The van der Waals surface area contributed by atoms with Gasteiger partial charge >= 0.3 is 0 Å². The normalized spacial score (nSPS) is 15.6. The molecule has 5 nitrogen and oxygen atoms in total. The van der Waals surface area contributed by atoms with E-state index in [1.807, 2.05) is 34.7 Å². The molecule has 6 heteroatoms. The highest BCUT2D eigenvalue weighted by Gasteiger charge is 2.18. The summed E-state index contributed by atoms with van der Waals surface area (Å²) in [4.78, 5) is 18.6.